The molecule has 2 nitrogen and oxygen atoms in total. The van der Waals surface area contributed by atoms with Crippen LogP contribution < -0.4 is 4.74 Å². The molecule has 0 amide bonds. The monoisotopic (exact) mass is 260 g/mol. The Hall–Kier alpha value is -1.80. The van der Waals surface area contributed by atoms with Crippen LogP contribution in [0.1, 0.15) is 21.5 Å². The molecular weight excluding hydrogens is 248 g/mol. The predicted octanol–water partition coefficient (Wildman–Crippen LogP) is 4.04. The topological polar surface area (TPSA) is 26.3 Å². The average molecular weight is 261 g/mol. The number of hydrogen-bond acceptors (Lipinski definition) is 2. The standard InChI is InChI=1S/C15H13ClO2/c1-11-3-2-4-13(7-11)10-18-15-6-5-12(9-17)8-14(15)16/h2-9H,10H2,1H3. The normalized spacial score (nSPS) is 10.1. The first kappa shape index (κ1) is 12.7. The molecule has 3 heteroatoms. The Morgan fingerprint density at radius 1 is 1.22 bits per heavy atom. The summed E-state index contributed by atoms with van der Waals surface area (Å²) < 4.78 is 5.63. The molecule has 0 aliphatic rings. The van der Waals surface area contributed by atoms with Gasteiger partial charge in [-0.3, -0.25) is 4.79 Å². The summed E-state index contributed by atoms with van der Waals surface area (Å²) in [7, 11) is 0. The zero-order valence-corrected chi connectivity index (χ0v) is 10.8. The predicted molar refractivity (Wildman–Crippen MR) is 72.4 cm³/mol. The molecule has 2 aromatic carbocycles. The minimum atomic E-state index is 0.451. The highest BCUT2D eigenvalue weighted by molar-refractivity contribution is 6.32. The number of benzene rings is 2. The number of halogens is 1. The number of aryl methyl sites for hydroxylation is 1. The molecule has 0 unspecified atom stereocenters. The first-order chi connectivity index (χ1) is 8.69. The molecule has 0 saturated heterocycles. The first-order valence-corrected chi connectivity index (χ1v) is 6.00. The van der Waals surface area contributed by atoms with E-state index in [-0.39, 0.29) is 0 Å². The molecule has 0 radical (unpaired) electrons. The van der Waals surface area contributed by atoms with Gasteiger partial charge < -0.3 is 4.74 Å². The molecule has 0 aliphatic heterocycles. The van der Waals surface area contributed by atoms with Crippen molar-refractivity contribution in [2.24, 2.45) is 0 Å². The van der Waals surface area contributed by atoms with E-state index < -0.39 is 0 Å². The Kier molecular flexibility index (Phi) is 4.00. The molecule has 0 heterocycles. The summed E-state index contributed by atoms with van der Waals surface area (Å²) in [4.78, 5) is 10.6. The maximum atomic E-state index is 10.6. The van der Waals surface area contributed by atoms with Gasteiger partial charge in [-0.05, 0) is 30.7 Å². The second-order valence-electron chi connectivity index (χ2n) is 4.09. The Morgan fingerprint density at radius 3 is 2.72 bits per heavy atom. The van der Waals surface area contributed by atoms with E-state index in [1.807, 2.05) is 25.1 Å². The van der Waals surface area contributed by atoms with Gasteiger partial charge in [0.1, 0.15) is 18.6 Å². The minimum absolute atomic E-state index is 0.451. The molecule has 18 heavy (non-hydrogen) atoms. The maximum Gasteiger partial charge on any atom is 0.150 e. The van der Waals surface area contributed by atoms with Crippen molar-refractivity contribution in [3.8, 4) is 5.75 Å². The largest absolute Gasteiger partial charge is 0.487 e. The average Bonchev–Trinajstić information content (AvgIpc) is 2.37. The first-order valence-electron chi connectivity index (χ1n) is 5.62. The smallest absolute Gasteiger partial charge is 0.150 e. The van der Waals surface area contributed by atoms with Crippen molar-refractivity contribution in [1.82, 2.24) is 0 Å². The van der Waals surface area contributed by atoms with E-state index in [1.54, 1.807) is 18.2 Å². The highest BCUT2D eigenvalue weighted by atomic mass is 35.5. The molecule has 2 aromatic rings. The second-order valence-corrected chi connectivity index (χ2v) is 4.49. The van der Waals surface area contributed by atoms with Crippen LogP contribution in [0.25, 0.3) is 0 Å². The van der Waals surface area contributed by atoms with Gasteiger partial charge in [-0.25, -0.2) is 0 Å². The summed E-state index contributed by atoms with van der Waals surface area (Å²) in [6.07, 6.45) is 0.760. The van der Waals surface area contributed by atoms with Gasteiger partial charge in [-0.15, -0.1) is 0 Å². The Bertz CT molecular complexity index is 564. The fourth-order valence-corrected chi connectivity index (χ4v) is 1.91. The summed E-state index contributed by atoms with van der Waals surface area (Å²) in [6, 6.07) is 13.1. The van der Waals surface area contributed by atoms with Crippen LogP contribution in [0.2, 0.25) is 5.02 Å². The highest BCUT2D eigenvalue weighted by Crippen LogP contribution is 2.25. The van der Waals surface area contributed by atoms with Gasteiger partial charge in [0.05, 0.1) is 5.02 Å². The summed E-state index contributed by atoms with van der Waals surface area (Å²) in [5.74, 6) is 0.587. The number of carbonyl (C=O) groups excluding carboxylic acids is 1. The maximum absolute atomic E-state index is 10.6. The number of aldehydes is 1. The van der Waals surface area contributed by atoms with Gasteiger partial charge in [-0.2, -0.15) is 0 Å². The lowest BCUT2D eigenvalue weighted by molar-refractivity contribution is 0.112. The van der Waals surface area contributed by atoms with Gasteiger partial charge in [-0.1, -0.05) is 41.4 Å². The fourth-order valence-electron chi connectivity index (χ4n) is 1.67. The van der Waals surface area contributed by atoms with Crippen molar-refractivity contribution < 1.29 is 9.53 Å². The molecule has 0 aliphatic carbocycles. The summed E-state index contributed by atoms with van der Waals surface area (Å²) >= 11 is 6.02. The fraction of sp³-hybridized carbons (Fsp3) is 0.133. The van der Waals surface area contributed by atoms with Gasteiger partial charge in [0.25, 0.3) is 0 Å². The van der Waals surface area contributed by atoms with Crippen LogP contribution in [-0.4, -0.2) is 6.29 Å². The third-order valence-corrected chi connectivity index (χ3v) is 2.86. The van der Waals surface area contributed by atoms with E-state index in [2.05, 4.69) is 6.07 Å². The summed E-state index contributed by atoms with van der Waals surface area (Å²) in [6.45, 7) is 2.50. The lowest BCUT2D eigenvalue weighted by Gasteiger charge is -2.08. The van der Waals surface area contributed by atoms with Crippen LogP contribution >= 0.6 is 11.6 Å². The van der Waals surface area contributed by atoms with Crippen LogP contribution in [0.5, 0.6) is 5.75 Å². The van der Waals surface area contributed by atoms with E-state index in [4.69, 9.17) is 16.3 Å². The van der Waals surface area contributed by atoms with Crippen LogP contribution in [-0.2, 0) is 6.61 Å². The number of rotatable bonds is 4. The highest BCUT2D eigenvalue weighted by Gasteiger charge is 2.03. The van der Waals surface area contributed by atoms with Crippen molar-refractivity contribution in [3.05, 3.63) is 64.2 Å². The molecule has 92 valence electrons. The quantitative estimate of drug-likeness (QED) is 0.776. The summed E-state index contributed by atoms with van der Waals surface area (Å²) in [5.41, 5.74) is 2.83. The van der Waals surface area contributed by atoms with Crippen LogP contribution in [0, 0.1) is 6.92 Å². The van der Waals surface area contributed by atoms with Crippen molar-refractivity contribution in [3.63, 3.8) is 0 Å². The Morgan fingerprint density at radius 2 is 2.06 bits per heavy atom. The molecule has 2 rings (SSSR count). The Labute approximate surface area is 111 Å². The zero-order valence-electron chi connectivity index (χ0n) is 10.0. The number of hydrogen-bond donors (Lipinski definition) is 0. The summed E-state index contributed by atoms with van der Waals surface area (Å²) in [5, 5.41) is 0.451. The van der Waals surface area contributed by atoms with Crippen LogP contribution in [0.4, 0.5) is 0 Å². The zero-order chi connectivity index (χ0) is 13.0. The third kappa shape index (κ3) is 3.11. The Balaban J connectivity index is 2.08. The third-order valence-electron chi connectivity index (χ3n) is 2.57. The minimum Gasteiger partial charge on any atom is -0.487 e. The van der Waals surface area contributed by atoms with E-state index >= 15 is 0 Å². The molecular formula is C15H13ClO2. The van der Waals surface area contributed by atoms with Crippen LogP contribution in [0.3, 0.4) is 0 Å². The van der Waals surface area contributed by atoms with Crippen molar-refractivity contribution >= 4 is 17.9 Å². The van der Waals surface area contributed by atoms with Gasteiger partial charge in [0.2, 0.25) is 0 Å². The van der Waals surface area contributed by atoms with Crippen molar-refractivity contribution in [1.29, 1.82) is 0 Å². The van der Waals surface area contributed by atoms with Crippen molar-refractivity contribution in [2.45, 2.75) is 13.5 Å². The lowest BCUT2D eigenvalue weighted by atomic mass is 10.1. The van der Waals surface area contributed by atoms with E-state index in [1.165, 1.54) is 5.56 Å². The molecule has 0 bridgehead atoms. The van der Waals surface area contributed by atoms with Gasteiger partial charge in [0, 0.05) is 5.56 Å². The SMILES string of the molecule is Cc1cccc(COc2ccc(C=O)cc2Cl)c1. The molecule has 0 aromatic heterocycles. The lowest BCUT2D eigenvalue weighted by Crippen LogP contribution is -1.96. The molecule has 0 saturated carbocycles. The van der Waals surface area contributed by atoms with Gasteiger partial charge >= 0.3 is 0 Å². The number of ether oxygens (including phenoxy) is 1. The molecule has 0 fully saturated rings. The van der Waals surface area contributed by atoms with E-state index in [0.717, 1.165) is 11.8 Å². The second kappa shape index (κ2) is 5.69. The molecule has 0 atom stereocenters. The van der Waals surface area contributed by atoms with Gasteiger partial charge in [0.15, 0.2) is 0 Å². The van der Waals surface area contributed by atoms with E-state index in [0.29, 0.717) is 22.9 Å². The molecule has 0 spiro atoms. The van der Waals surface area contributed by atoms with Crippen LogP contribution in [0.15, 0.2) is 42.5 Å². The van der Waals surface area contributed by atoms with Crippen molar-refractivity contribution in [2.75, 3.05) is 0 Å². The van der Waals surface area contributed by atoms with E-state index in [9.17, 15) is 4.79 Å². The molecule has 0 N–H and O–H groups in total. The number of carbonyl (C=O) groups is 1.